The Morgan fingerprint density at radius 2 is 1.89 bits per heavy atom. The molecule has 1 aromatic carbocycles. The highest BCUT2D eigenvalue weighted by molar-refractivity contribution is 7.92. The van der Waals surface area contributed by atoms with Crippen molar-refractivity contribution in [3.63, 3.8) is 0 Å². The molecular weight excluding hydrogens is 368 g/mol. The van der Waals surface area contributed by atoms with E-state index in [4.69, 9.17) is 5.11 Å². The van der Waals surface area contributed by atoms with E-state index in [-0.39, 0.29) is 10.3 Å². The van der Waals surface area contributed by atoms with Crippen molar-refractivity contribution in [1.82, 2.24) is 9.55 Å². The predicted octanol–water partition coefficient (Wildman–Crippen LogP) is 2.50. The summed E-state index contributed by atoms with van der Waals surface area (Å²) in [4.78, 5) is 15.4. The number of carboxylic acid groups (broad SMARTS) is 1. The minimum Gasteiger partial charge on any atom is -0.480 e. The molecular formula is C19H26N2O5S. The second-order valence-electron chi connectivity index (χ2n) is 8.51. The molecule has 2 aromatic rings. The van der Waals surface area contributed by atoms with E-state index in [1.54, 1.807) is 6.07 Å². The number of fused-ring (bicyclic) bond motifs is 1. The summed E-state index contributed by atoms with van der Waals surface area (Å²) in [5, 5.41) is 19.7. The lowest BCUT2D eigenvalue weighted by molar-refractivity contribution is -0.134. The van der Waals surface area contributed by atoms with Crippen molar-refractivity contribution >= 4 is 26.8 Å². The molecule has 0 unspecified atom stereocenters. The molecule has 0 aliphatic heterocycles. The summed E-state index contributed by atoms with van der Waals surface area (Å²) < 4.78 is 26.5. The largest absolute Gasteiger partial charge is 0.480 e. The third kappa shape index (κ3) is 4.01. The molecule has 0 bridgehead atoms. The van der Waals surface area contributed by atoms with Crippen LogP contribution < -0.4 is 0 Å². The van der Waals surface area contributed by atoms with Gasteiger partial charge in [0.1, 0.15) is 5.82 Å². The van der Waals surface area contributed by atoms with Crippen LogP contribution in [0.2, 0.25) is 0 Å². The number of sulfone groups is 1. The molecule has 7 nitrogen and oxygen atoms in total. The van der Waals surface area contributed by atoms with E-state index in [9.17, 15) is 18.3 Å². The van der Waals surface area contributed by atoms with E-state index in [2.05, 4.69) is 4.98 Å². The van der Waals surface area contributed by atoms with Gasteiger partial charge in [0.25, 0.3) is 0 Å². The van der Waals surface area contributed by atoms with Crippen LogP contribution in [0.4, 0.5) is 0 Å². The smallest absolute Gasteiger partial charge is 0.319 e. The van der Waals surface area contributed by atoms with Crippen LogP contribution in [-0.4, -0.2) is 45.5 Å². The van der Waals surface area contributed by atoms with Gasteiger partial charge in [0, 0.05) is 5.41 Å². The Hall–Kier alpha value is -1.93. The van der Waals surface area contributed by atoms with E-state index in [0.717, 1.165) is 37.0 Å². The molecule has 148 valence electrons. The first-order valence-electron chi connectivity index (χ1n) is 9.09. The van der Waals surface area contributed by atoms with Gasteiger partial charge in [0.15, 0.2) is 15.6 Å². The highest BCUT2D eigenvalue weighted by Gasteiger charge is 2.34. The van der Waals surface area contributed by atoms with Crippen LogP contribution in [0.15, 0.2) is 23.1 Å². The number of carbonyl (C=O) groups is 1. The number of hydrogen-bond donors (Lipinski definition) is 2. The Kier molecular flexibility index (Phi) is 4.84. The Labute approximate surface area is 159 Å². The van der Waals surface area contributed by atoms with Crippen LogP contribution in [0.25, 0.3) is 11.0 Å². The number of benzene rings is 1. The second-order valence-corrected chi connectivity index (χ2v) is 10.5. The van der Waals surface area contributed by atoms with Gasteiger partial charge in [-0.1, -0.05) is 33.6 Å². The van der Waals surface area contributed by atoms with Crippen molar-refractivity contribution in [2.45, 2.75) is 68.9 Å². The zero-order valence-corrected chi connectivity index (χ0v) is 16.7. The Balaban J connectivity index is 2.12. The zero-order valence-electron chi connectivity index (χ0n) is 15.9. The number of aliphatic carboxylic acids is 1. The number of imidazole rings is 1. The van der Waals surface area contributed by atoms with E-state index in [1.807, 2.05) is 25.3 Å². The van der Waals surface area contributed by atoms with Crippen LogP contribution in [0.1, 0.15) is 52.3 Å². The van der Waals surface area contributed by atoms with Crippen LogP contribution >= 0.6 is 0 Å². The molecule has 0 amide bonds. The molecule has 1 aliphatic rings. The third-order valence-electron chi connectivity index (χ3n) is 5.05. The van der Waals surface area contributed by atoms with Gasteiger partial charge in [-0.25, -0.2) is 13.4 Å². The molecule has 27 heavy (non-hydrogen) atoms. The van der Waals surface area contributed by atoms with Crippen LogP contribution in [0.5, 0.6) is 0 Å². The summed E-state index contributed by atoms with van der Waals surface area (Å²) in [6.45, 7) is 6.47. The summed E-state index contributed by atoms with van der Waals surface area (Å²) in [6, 6.07) is 4.51. The second kappa shape index (κ2) is 6.60. The third-order valence-corrected chi connectivity index (χ3v) is 6.65. The predicted molar refractivity (Wildman–Crippen MR) is 102 cm³/mol. The number of hydrogen-bond acceptors (Lipinski definition) is 5. The topological polar surface area (TPSA) is 109 Å². The summed E-state index contributed by atoms with van der Waals surface area (Å²) in [5.41, 5.74) is 0.165. The standard InChI is InChI=1S/C19H26N2O5S/c1-18(2,3)17-20-14-10-13(27(25,26)11-16(22)23)6-7-15(14)21(17)12-19(24)8-4-5-9-19/h6-7,10,24H,4-5,8-9,11-12H2,1-3H3,(H,22,23). The van der Waals surface area contributed by atoms with Gasteiger partial charge in [-0.2, -0.15) is 0 Å². The maximum absolute atomic E-state index is 12.2. The molecule has 3 rings (SSSR count). The number of nitrogens with zero attached hydrogens (tertiary/aromatic N) is 2. The molecule has 2 N–H and O–H groups in total. The first-order chi connectivity index (χ1) is 12.4. The van der Waals surface area contributed by atoms with Crippen molar-refractivity contribution in [2.24, 2.45) is 0 Å². The van der Waals surface area contributed by atoms with Crippen molar-refractivity contribution in [1.29, 1.82) is 0 Å². The molecule has 1 fully saturated rings. The molecule has 8 heteroatoms. The fourth-order valence-electron chi connectivity index (χ4n) is 3.77. The van der Waals surface area contributed by atoms with Gasteiger partial charge in [-0.3, -0.25) is 4.79 Å². The first-order valence-corrected chi connectivity index (χ1v) is 10.7. The molecule has 1 aliphatic carbocycles. The molecule has 0 atom stereocenters. The van der Waals surface area contributed by atoms with Crippen LogP contribution in [0.3, 0.4) is 0 Å². The zero-order chi connectivity index (χ0) is 20.0. The average molecular weight is 394 g/mol. The monoisotopic (exact) mass is 394 g/mol. The van der Waals surface area contributed by atoms with Crippen molar-refractivity contribution < 1.29 is 23.4 Å². The molecule has 0 saturated heterocycles. The quantitative estimate of drug-likeness (QED) is 0.806. The van der Waals surface area contributed by atoms with Crippen molar-refractivity contribution in [2.75, 3.05) is 5.75 Å². The number of carboxylic acids is 1. The van der Waals surface area contributed by atoms with Gasteiger partial charge in [-0.05, 0) is 31.0 Å². The van der Waals surface area contributed by atoms with Gasteiger partial charge < -0.3 is 14.8 Å². The summed E-state index contributed by atoms with van der Waals surface area (Å²) >= 11 is 0. The minimum absolute atomic E-state index is 0.0536. The Morgan fingerprint density at radius 1 is 1.26 bits per heavy atom. The Morgan fingerprint density at radius 3 is 2.44 bits per heavy atom. The molecule has 0 radical (unpaired) electrons. The molecule has 1 saturated carbocycles. The SMILES string of the molecule is CC(C)(C)c1nc2cc(S(=O)(=O)CC(=O)O)ccc2n1CC1(O)CCCC1. The number of rotatable bonds is 5. The maximum atomic E-state index is 12.2. The molecule has 1 aromatic heterocycles. The number of aliphatic hydroxyl groups is 1. The fraction of sp³-hybridized carbons (Fsp3) is 0.579. The fourth-order valence-corrected chi connectivity index (χ4v) is 4.83. The van der Waals surface area contributed by atoms with E-state index >= 15 is 0 Å². The van der Waals surface area contributed by atoms with Gasteiger partial charge in [0.05, 0.1) is 28.1 Å². The highest BCUT2D eigenvalue weighted by atomic mass is 32.2. The van der Waals surface area contributed by atoms with Gasteiger partial charge >= 0.3 is 5.97 Å². The summed E-state index contributed by atoms with van der Waals surface area (Å²) in [7, 11) is -3.92. The Bertz CT molecular complexity index is 979. The van der Waals surface area contributed by atoms with Gasteiger partial charge in [0.2, 0.25) is 0 Å². The lowest BCUT2D eigenvalue weighted by atomic mass is 9.94. The van der Waals surface area contributed by atoms with E-state index in [1.165, 1.54) is 12.1 Å². The average Bonchev–Trinajstić information content (AvgIpc) is 3.10. The maximum Gasteiger partial charge on any atom is 0.319 e. The molecule has 1 heterocycles. The van der Waals surface area contributed by atoms with E-state index in [0.29, 0.717) is 12.1 Å². The normalized spacial score (nSPS) is 17.5. The van der Waals surface area contributed by atoms with Crippen LogP contribution in [0, 0.1) is 0 Å². The summed E-state index contributed by atoms with van der Waals surface area (Å²) in [6.07, 6.45) is 3.46. The van der Waals surface area contributed by atoms with Crippen LogP contribution in [-0.2, 0) is 26.6 Å². The van der Waals surface area contributed by atoms with Crippen molar-refractivity contribution in [3.05, 3.63) is 24.0 Å². The number of aromatic nitrogens is 2. The molecule has 0 spiro atoms. The lowest BCUT2D eigenvalue weighted by Crippen LogP contribution is -2.33. The van der Waals surface area contributed by atoms with Gasteiger partial charge in [-0.15, -0.1) is 0 Å². The first kappa shape index (κ1) is 19.8. The summed E-state index contributed by atoms with van der Waals surface area (Å²) in [5.74, 6) is -1.57. The van der Waals surface area contributed by atoms with E-state index < -0.39 is 27.2 Å². The minimum atomic E-state index is -3.92. The lowest BCUT2D eigenvalue weighted by Gasteiger charge is -2.27. The van der Waals surface area contributed by atoms with Crippen molar-refractivity contribution in [3.8, 4) is 0 Å². The highest BCUT2D eigenvalue weighted by Crippen LogP contribution is 2.35.